The van der Waals surface area contributed by atoms with E-state index in [4.69, 9.17) is 0 Å². The lowest BCUT2D eigenvalue weighted by Crippen LogP contribution is -2.53. The number of carbonyl (C=O) groups excluding carboxylic acids is 3. The third-order valence-corrected chi connectivity index (χ3v) is 7.51. The number of hydrogen-bond donors (Lipinski definition) is 2. The van der Waals surface area contributed by atoms with E-state index in [0.717, 1.165) is 36.6 Å². The smallest absolute Gasteiger partial charge is 0.409 e. The van der Waals surface area contributed by atoms with Crippen LogP contribution < -0.4 is 10.9 Å². The van der Waals surface area contributed by atoms with Gasteiger partial charge in [0.25, 0.3) is 11.5 Å². The maximum absolute atomic E-state index is 13.3. The molecule has 10 nitrogen and oxygen atoms in total. The highest BCUT2D eigenvalue weighted by atomic mass is 16.5. The van der Waals surface area contributed by atoms with Crippen LogP contribution in [0.15, 0.2) is 35.1 Å². The number of rotatable bonds is 9. The summed E-state index contributed by atoms with van der Waals surface area (Å²) in [6, 6.07) is 9.46. The lowest BCUT2D eigenvalue weighted by Gasteiger charge is -2.40. The van der Waals surface area contributed by atoms with Crippen molar-refractivity contribution in [1.82, 2.24) is 19.7 Å². The molecule has 1 aromatic carbocycles. The minimum atomic E-state index is -0.833. The van der Waals surface area contributed by atoms with E-state index in [9.17, 15) is 24.3 Å². The van der Waals surface area contributed by atoms with Gasteiger partial charge < -0.3 is 24.5 Å². The Morgan fingerprint density at radius 2 is 1.89 bits per heavy atom. The monoisotopic (exact) mass is 512 g/mol. The summed E-state index contributed by atoms with van der Waals surface area (Å²) in [5.74, 6) is -0.356. The van der Waals surface area contributed by atoms with Gasteiger partial charge in [-0.1, -0.05) is 18.2 Å². The van der Waals surface area contributed by atoms with E-state index in [2.05, 4.69) is 15.0 Å². The van der Waals surface area contributed by atoms with Crippen LogP contribution in [0, 0.1) is 0 Å². The second kappa shape index (κ2) is 11.4. The van der Waals surface area contributed by atoms with Crippen molar-refractivity contribution in [1.29, 1.82) is 0 Å². The molecule has 4 rings (SSSR count). The molecule has 2 fully saturated rings. The van der Waals surface area contributed by atoms with Gasteiger partial charge in [-0.15, -0.1) is 0 Å². The number of amides is 2. The van der Waals surface area contributed by atoms with Crippen molar-refractivity contribution in [3.63, 3.8) is 0 Å². The lowest BCUT2D eigenvalue weighted by molar-refractivity contribution is -0.108. The van der Waals surface area contributed by atoms with Crippen molar-refractivity contribution >= 4 is 29.2 Å². The minimum Gasteiger partial charge on any atom is -0.453 e. The number of ether oxygens (including phenoxy) is 1. The summed E-state index contributed by atoms with van der Waals surface area (Å²) in [4.78, 5) is 52.7. The van der Waals surface area contributed by atoms with Crippen LogP contribution in [0.3, 0.4) is 0 Å². The van der Waals surface area contributed by atoms with Crippen LogP contribution in [0.5, 0.6) is 0 Å². The molecule has 0 spiro atoms. The zero-order chi connectivity index (χ0) is 26.7. The van der Waals surface area contributed by atoms with Gasteiger partial charge in [0, 0.05) is 30.7 Å². The Morgan fingerprint density at radius 3 is 2.51 bits per heavy atom. The number of para-hydroxylation sites is 1. The second-order valence-corrected chi connectivity index (χ2v) is 10.3. The molecule has 200 valence electrons. The first-order chi connectivity index (χ1) is 17.7. The average molecular weight is 513 g/mol. The number of nitrogens with one attached hydrogen (secondary N) is 1. The number of aldehydes is 1. The van der Waals surface area contributed by atoms with Crippen molar-refractivity contribution < 1.29 is 24.2 Å². The summed E-state index contributed by atoms with van der Waals surface area (Å²) in [6.07, 6.45) is 2.46. The van der Waals surface area contributed by atoms with Crippen LogP contribution in [0.25, 0.3) is 10.9 Å². The number of aromatic nitrogens is 1. The third kappa shape index (κ3) is 5.70. The average Bonchev–Trinajstić information content (AvgIpc) is 3.09. The summed E-state index contributed by atoms with van der Waals surface area (Å²) >= 11 is 0. The molecule has 37 heavy (non-hydrogen) atoms. The van der Waals surface area contributed by atoms with Crippen LogP contribution in [-0.4, -0.2) is 88.7 Å². The fourth-order valence-electron chi connectivity index (χ4n) is 5.91. The molecule has 2 aliphatic rings. The number of methoxy groups -OCH3 is 1. The molecule has 10 heteroatoms. The van der Waals surface area contributed by atoms with Gasteiger partial charge in [0.1, 0.15) is 11.8 Å². The maximum Gasteiger partial charge on any atom is 0.409 e. The normalized spacial score (nSPS) is 22.1. The van der Waals surface area contributed by atoms with Gasteiger partial charge in [-0.2, -0.15) is 0 Å². The van der Waals surface area contributed by atoms with Crippen LogP contribution in [0.1, 0.15) is 55.9 Å². The summed E-state index contributed by atoms with van der Waals surface area (Å²) < 4.78 is 6.36. The minimum absolute atomic E-state index is 0.00556. The highest BCUT2D eigenvalue weighted by molar-refractivity contribution is 5.97. The summed E-state index contributed by atoms with van der Waals surface area (Å²) in [7, 11) is 1.24. The van der Waals surface area contributed by atoms with Crippen molar-refractivity contribution in [3.8, 4) is 0 Å². The maximum atomic E-state index is 13.3. The van der Waals surface area contributed by atoms with Crippen LogP contribution >= 0.6 is 0 Å². The number of carbonyl (C=O) groups is 3. The number of aliphatic hydroxyl groups excluding tert-OH is 1. The molecule has 0 aliphatic carbocycles. The predicted molar refractivity (Wildman–Crippen MR) is 139 cm³/mol. The molecule has 0 saturated carbocycles. The van der Waals surface area contributed by atoms with Crippen LogP contribution in [0.2, 0.25) is 0 Å². The number of benzene rings is 1. The van der Waals surface area contributed by atoms with E-state index in [-0.39, 0.29) is 54.3 Å². The molecule has 0 radical (unpaired) electrons. The largest absolute Gasteiger partial charge is 0.453 e. The molecule has 1 aromatic heterocycles. The van der Waals surface area contributed by atoms with Gasteiger partial charge in [-0.25, -0.2) is 4.79 Å². The van der Waals surface area contributed by atoms with E-state index in [1.807, 2.05) is 38.1 Å². The molecular weight excluding hydrogens is 476 g/mol. The lowest BCUT2D eigenvalue weighted by atomic mass is 9.96. The standard InChI is InChI=1S/C27H36N4O6/c1-17(2)31-24-7-5-4-6-18(24)12-23(26(31)35)25(34)28-19-13-20-8-9-21(14-19)30(20)16-22(33)15-29(10-11-32)27(36)37-3/h4-7,11-12,17,19-22,33H,8-10,13-16H2,1-3H3,(H,28,34). The van der Waals surface area contributed by atoms with Gasteiger partial charge in [0.15, 0.2) is 0 Å². The molecule has 2 aromatic rings. The van der Waals surface area contributed by atoms with Gasteiger partial charge >= 0.3 is 6.09 Å². The number of fused-ring (bicyclic) bond motifs is 3. The number of pyridine rings is 1. The van der Waals surface area contributed by atoms with Gasteiger partial charge in [0.05, 0.1) is 31.8 Å². The Bertz CT molecular complexity index is 1200. The van der Waals surface area contributed by atoms with Crippen molar-refractivity contribution in [2.75, 3.05) is 26.7 Å². The molecule has 2 aliphatic heterocycles. The fourth-order valence-corrected chi connectivity index (χ4v) is 5.91. The molecule has 2 saturated heterocycles. The van der Waals surface area contributed by atoms with E-state index in [0.29, 0.717) is 12.8 Å². The third-order valence-electron chi connectivity index (χ3n) is 7.51. The van der Waals surface area contributed by atoms with Crippen molar-refractivity contribution in [2.24, 2.45) is 0 Å². The van der Waals surface area contributed by atoms with E-state index < -0.39 is 12.2 Å². The molecular formula is C27H36N4O6. The predicted octanol–water partition coefficient (Wildman–Crippen LogP) is 1.94. The Kier molecular flexibility index (Phi) is 8.29. The van der Waals surface area contributed by atoms with Crippen molar-refractivity contribution in [3.05, 3.63) is 46.2 Å². The molecule has 3 unspecified atom stereocenters. The Hall–Kier alpha value is -3.24. The highest BCUT2D eigenvalue weighted by Crippen LogP contribution is 2.36. The number of aliphatic hydroxyl groups is 1. The molecule has 2 N–H and O–H groups in total. The summed E-state index contributed by atoms with van der Waals surface area (Å²) in [5.41, 5.74) is 0.666. The van der Waals surface area contributed by atoms with Crippen LogP contribution in [0.4, 0.5) is 4.79 Å². The first-order valence-electron chi connectivity index (χ1n) is 12.9. The zero-order valence-electron chi connectivity index (χ0n) is 21.6. The van der Waals surface area contributed by atoms with Gasteiger partial charge in [-0.05, 0) is 57.0 Å². The highest BCUT2D eigenvalue weighted by Gasteiger charge is 2.42. The van der Waals surface area contributed by atoms with E-state index in [1.165, 1.54) is 12.0 Å². The molecule has 3 heterocycles. The topological polar surface area (TPSA) is 121 Å². The first kappa shape index (κ1) is 26.8. The van der Waals surface area contributed by atoms with E-state index in [1.54, 1.807) is 10.6 Å². The fraction of sp³-hybridized carbons (Fsp3) is 0.556. The Morgan fingerprint density at radius 1 is 1.22 bits per heavy atom. The molecule has 2 amide bonds. The SMILES string of the molecule is COC(=O)N(CC=O)CC(O)CN1C2CCC1CC(NC(=O)c1cc3ccccc3n(C(C)C)c1=O)C2. The van der Waals surface area contributed by atoms with Crippen LogP contribution in [-0.2, 0) is 9.53 Å². The first-order valence-corrected chi connectivity index (χ1v) is 12.9. The van der Waals surface area contributed by atoms with E-state index >= 15 is 0 Å². The second-order valence-electron chi connectivity index (χ2n) is 10.3. The summed E-state index contributed by atoms with van der Waals surface area (Å²) in [6.45, 7) is 4.09. The van der Waals surface area contributed by atoms with Crippen molar-refractivity contribution in [2.45, 2.75) is 69.8 Å². The quantitative estimate of drug-likeness (QED) is 0.493. The number of piperidine rings is 1. The van der Waals surface area contributed by atoms with Gasteiger partial charge in [-0.3, -0.25) is 19.4 Å². The number of nitrogens with zero attached hydrogens (tertiary/aromatic N) is 3. The van der Waals surface area contributed by atoms with Gasteiger partial charge in [0.2, 0.25) is 0 Å². The molecule has 3 atom stereocenters. The molecule has 2 bridgehead atoms. The Balaban J connectivity index is 1.42. The Labute approximate surface area is 216 Å². The zero-order valence-corrected chi connectivity index (χ0v) is 21.6. The number of hydrogen-bond acceptors (Lipinski definition) is 7. The summed E-state index contributed by atoms with van der Waals surface area (Å²) in [5, 5.41) is 14.6.